The lowest BCUT2D eigenvalue weighted by molar-refractivity contribution is 0.206. The first-order chi connectivity index (χ1) is 19.2. The number of nitrogens with zero attached hydrogens (tertiary/aromatic N) is 3. The van der Waals surface area contributed by atoms with Crippen LogP contribution in [-0.2, 0) is 6.54 Å². The van der Waals surface area contributed by atoms with Gasteiger partial charge in [0.05, 0.1) is 28.3 Å². The molecule has 6 rings (SSSR count). The molecule has 0 saturated carbocycles. The second-order valence-electron chi connectivity index (χ2n) is 9.68. The van der Waals surface area contributed by atoms with Crippen LogP contribution in [0.2, 0.25) is 5.02 Å². The molecular formula is C32H27ClN4O2. The van der Waals surface area contributed by atoms with Crippen molar-refractivity contribution >= 4 is 33.9 Å². The third kappa shape index (κ3) is 5.61. The van der Waals surface area contributed by atoms with Gasteiger partial charge in [0, 0.05) is 22.8 Å². The van der Waals surface area contributed by atoms with Crippen LogP contribution in [-0.4, -0.2) is 23.0 Å². The molecule has 1 aliphatic rings. The number of hydrogen-bond acceptors (Lipinski definition) is 6. The third-order valence-corrected chi connectivity index (χ3v) is 7.23. The lowest BCUT2D eigenvalue weighted by Gasteiger charge is -2.25. The Balaban J connectivity index is 1.25. The average molecular weight is 535 g/mol. The highest BCUT2D eigenvalue weighted by Crippen LogP contribution is 2.36. The van der Waals surface area contributed by atoms with Gasteiger partial charge < -0.3 is 14.5 Å². The van der Waals surface area contributed by atoms with Crippen molar-refractivity contribution in [3.8, 4) is 28.9 Å². The largest absolute Gasteiger partial charge is 0.460 e. The van der Waals surface area contributed by atoms with Crippen molar-refractivity contribution in [3.05, 3.63) is 101 Å². The summed E-state index contributed by atoms with van der Waals surface area (Å²) in [4.78, 5) is 7.01. The van der Waals surface area contributed by atoms with Gasteiger partial charge in [-0.2, -0.15) is 5.26 Å². The maximum Gasteiger partial charge on any atom is 0.146 e. The molecule has 3 aromatic carbocycles. The summed E-state index contributed by atoms with van der Waals surface area (Å²) in [7, 11) is 0. The number of likely N-dealkylation sites (tertiary alicyclic amines) is 1. The van der Waals surface area contributed by atoms with Gasteiger partial charge in [-0.3, -0.25) is 9.88 Å². The molecule has 1 aliphatic heterocycles. The Hall–Kier alpha value is -4.31. The van der Waals surface area contributed by atoms with Crippen molar-refractivity contribution in [1.82, 2.24) is 9.88 Å². The number of benzene rings is 3. The van der Waals surface area contributed by atoms with Gasteiger partial charge in [-0.25, -0.2) is 0 Å². The summed E-state index contributed by atoms with van der Waals surface area (Å²) in [6, 6.07) is 27.3. The minimum Gasteiger partial charge on any atom is -0.460 e. The number of halogens is 1. The number of anilines is 2. The zero-order valence-electron chi connectivity index (χ0n) is 21.4. The first-order valence-electron chi connectivity index (χ1n) is 13.1. The van der Waals surface area contributed by atoms with Crippen molar-refractivity contribution in [3.63, 3.8) is 0 Å². The predicted molar refractivity (Wildman–Crippen MR) is 155 cm³/mol. The lowest BCUT2D eigenvalue weighted by Crippen LogP contribution is -2.28. The van der Waals surface area contributed by atoms with E-state index in [9.17, 15) is 5.26 Å². The van der Waals surface area contributed by atoms with Gasteiger partial charge in [0.1, 0.15) is 29.1 Å². The summed E-state index contributed by atoms with van der Waals surface area (Å²) >= 11 is 6.53. The lowest BCUT2D eigenvalue weighted by atomic mass is 10.1. The zero-order chi connectivity index (χ0) is 26.6. The molecular weight excluding hydrogens is 508 g/mol. The molecule has 39 heavy (non-hydrogen) atoms. The van der Waals surface area contributed by atoms with E-state index >= 15 is 0 Å². The highest BCUT2D eigenvalue weighted by Gasteiger charge is 2.15. The fourth-order valence-electron chi connectivity index (χ4n) is 4.94. The van der Waals surface area contributed by atoms with E-state index in [-0.39, 0.29) is 0 Å². The van der Waals surface area contributed by atoms with Gasteiger partial charge in [0.2, 0.25) is 0 Å². The summed E-state index contributed by atoms with van der Waals surface area (Å²) in [5.74, 6) is 3.04. The third-order valence-electron chi connectivity index (χ3n) is 6.94. The van der Waals surface area contributed by atoms with Gasteiger partial charge in [-0.1, -0.05) is 42.3 Å². The quantitative estimate of drug-likeness (QED) is 0.225. The number of para-hydroxylation sites is 1. The standard InChI is InChI=1S/C32H27ClN4O2/c33-28-18-24(10-13-31(28)38-25-7-3-1-4-8-25)36-32-23(19-34)20-35-29-17-22(9-12-27(29)32)30-14-11-26(39-30)21-37-15-5-2-6-16-37/h1,3-4,7-14,17-18,20H,2,5-6,15-16,21H2,(H,35,36). The fourth-order valence-corrected chi connectivity index (χ4v) is 5.16. The zero-order valence-corrected chi connectivity index (χ0v) is 22.1. The number of piperidine rings is 1. The molecule has 0 atom stereocenters. The van der Waals surface area contributed by atoms with Gasteiger partial charge in [-0.05, 0) is 80.5 Å². The summed E-state index contributed by atoms with van der Waals surface area (Å²) < 4.78 is 12.1. The van der Waals surface area contributed by atoms with E-state index < -0.39 is 0 Å². The van der Waals surface area contributed by atoms with E-state index in [1.54, 1.807) is 12.3 Å². The van der Waals surface area contributed by atoms with Crippen molar-refractivity contribution in [1.29, 1.82) is 5.26 Å². The monoisotopic (exact) mass is 534 g/mol. The van der Waals surface area contributed by atoms with Gasteiger partial charge >= 0.3 is 0 Å². The molecule has 0 unspecified atom stereocenters. The molecule has 5 aromatic rings. The van der Waals surface area contributed by atoms with E-state index in [1.165, 1.54) is 19.3 Å². The molecule has 7 heteroatoms. The highest BCUT2D eigenvalue weighted by molar-refractivity contribution is 6.32. The minimum atomic E-state index is 0.442. The minimum absolute atomic E-state index is 0.442. The van der Waals surface area contributed by atoms with Crippen LogP contribution in [0.15, 0.2) is 89.5 Å². The summed E-state index contributed by atoms with van der Waals surface area (Å²) in [5.41, 5.74) is 3.56. The van der Waals surface area contributed by atoms with Crippen LogP contribution in [0.25, 0.3) is 22.2 Å². The molecule has 0 amide bonds. The second kappa shape index (κ2) is 11.2. The summed E-state index contributed by atoms with van der Waals surface area (Å²) in [5, 5.41) is 14.5. The van der Waals surface area contributed by atoms with Crippen molar-refractivity contribution in [2.75, 3.05) is 18.4 Å². The Labute approximate surface area is 232 Å². The Bertz CT molecular complexity index is 1650. The number of hydrogen-bond donors (Lipinski definition) is 1. The van der Waals surface area contributed by atoms with Crippen LogP contribution in [0, 0.1) is 11.3 Å². The molecule has 1 saturated heterocycles. The number of fused-ring (bicyclic) bond motifs is 1. The number of nitrogens with one attached hydrogen (secondary N) is 1. The van der Waals surface area contributed by atoms with Gasteiger partial charge in [0.15, 0.2) is 0 Å². The number of ether oxygens (including phenoxy) is 1. The number of rotatable bonds is 7. The highest BCUT2D eigenvalue weighted by atomic mass is 35.5. The molecule has 0 radical (unpaired) electrons. The molecule has 0 spiro atoms. The first kappa shape index (κ1) is 25.0. The van der Waals surface area contributed by atoms with E-state index in [0.717, 1.165) is 53.3 Å². The van der Waals surface area contributed by atoms with Crippen molar-refractivity contribution < 1.29 is 9.15 Å². The SMILES string of the molecule is N#Cc1cnc2cc(-c3ccc(CN4CCCCC4)o3)ccc2c1Nc1ccc(Oc2ccccc2)c(Cl)c1. The van der Waals surface area contributed by atoms with Crippen LogP contribution in [0.3, 0.4) is 0 Å². The molecule has 6 nitrogen and oxygen atoms in total. The Morgan fingerprint density at radius 2 is 1.82 bits per heavy atom. The van der Waals surface area contributed by atoms with Gasteiger partial charge in [0.25, 0.3) is 0 Å². The maximum absolute atomic E-state index is 9.79. The maximum atomic E-state index is 9.79. The Morgan fingerprint density at radius 3 is 2.62 bits per heavy atom. The number of furan rings is 1. The normalized spacial score (nSPS) is 13.7. The van der Waals surface area contributed by atoms with Crippen molar-refractivity contribution in [2.24, 2.45) is 0 Å². The molecule has 0 aliphatic carbocycles. The van der Waals surface area contributed by atoms with Crippen LogP contribution >= 0.6 is 11.6 Å². The number of aromatic nitrogens is 1. The van der Waals surface area contributed by atoms with E-state index in [4.69, 9.17) is 20.8 Å². The number of pyridine rings is 1. The van der Waals surface area contributed by atoms with Crippen molar-refractivity contribution in [2.45, 2.75) is 25.8 Å². The topological polar surface area (TPSA) is 74.3 Å². The summed E-state index contributed by atoms with van der Waals surface area (Å²) in [6.45, 7) is 3.09. The first-order valence-corrected chi connectivity index (χ1v) is 13.5. The molecule has 1 N–H and O–H groups in total. The van der Waals surface area contributed by atoms with Crippen LogP contribution in [0.4, 0.5) is 11.4 Å². The van der Waals surface area contributed by atoms with E-state index in [2.05, 4.69) is 27.3 Å². The van der Waals surface area contributed by atoms with Crippen LogP contribution in [0.1, 0.15) is 30.6 Å². The molecule has 2 aromatic heterocycles. The van der Waals surface area contributed by atoms with Crippen LogP contribution < -0.4 is 10.1 Å². The number of nitriles is 1. The predicted octanol–water partition coefficient (Wildman–Crippen LogP) is 8.54. The molecule has 3 heterocycles. The Morgan fingerprint density at radius 1 is 0.974 bits per heavy atom. The molecule has 0 bridgehead atoms. The van der Waals surface area contributed by atoms with E-state index in [0.29, 0.717) is 27.8 Å². The fraction of sp³-hybridized carbons (Fsp3) is 0.188. The van der Waals surface area contributed by atoms with Crippen LogP contribution in [0.5, 0.6) is 11.5 Å². The second-order valence-corrected chi connectivity index (χ2v) is 10.1. The average Bonchev–Trinajstić information content (AvgIpc) is 3.44. The molecule has 194 valence electrons. The summed E-state index contributed by atoms with van der Waals surface area (Å²) in [6.07, 6.45) is 5.41. The smallest absolute Gasteiger partial charge is 0.146 e. The van der Waals surface area contributed by atoms with Gasteiger partial charge in [-0.15, -0.1) is 0 Å². The van der Waals surface area contributed by atoms with E-state index in [1.807, 2.05) is 66.7 Å². The molecule has 1 fully saturated rings. The Kier molecular flexibility index (Phi) is 7.18.